The molecule has 3 rings (SSSR count). The van der Waals surface area contributed by atoms with E-state index in [1.54, 1.807) is 12.1 Å². The molecule has 0 bridgehead atoms. The molecule has 138 valence electrons. The molecule has 25 heavy (non-hydrogen) atoms. The van der Waals surface area contributed by atoms with Gasteiger partial charge in [0.25, 0.3) is 0 Å². The number of nitrogens with one attached hydrogen (secondary N) is 1. The third-order valence-electron chi connectivity index (χ3n) is 4.71. The molecule has 0 aliphatic carbocycles. The summed E-state index contributed by atoms with van der Waals surface area (Å²) >= 11 is 0. The van der Waals surface area contributed by atoms with Crippen molar-refractivity contribution in [3.8, 4) is 11.5 Å². The molecule has 2 fully saturated rings. The third-order valence-corrected chi connectivity index (χ3v) is 6.63. The Balaban J connectivity index is 1.87. The topological polar surface area (TPSA) is 94.2 Å². The van der Waals surface area contributed by atoms with Crippen molar-refractivity contribution in [3.05, 3.63) is 18.2 Å². The van der Waals surface area contributed by atoms with E-state index < -0.39 is 21.7 Å². The van der Waals surface area contributed by atoms with E-state index in [0.29, 0.717) is 38.1 Å². The number of benzene rings is 1. The van der Waals surface area contributed by atoms with E-state index in [4.69, 9.17) is 14.2 Å². The van der Waals surface area contributed by atoms with Crippen molar-refractivity contribution in [1.82, 2.24) is 9.62 Å². The van der Waals surface area contributed by atoms with Gasteiger partial charge in [0.05, 0.1) is 20.8 Å². The summed E-state index contributed by atoms with van der Waals surface area (Å²) in [6.07, 6.45) is 1.26. The average molecular weight is 370 g/mol. The van der Waals surface area contributed by atoms with Gasteiger partial charge in [0.2, 0.25) is 10.0 Å². The monoisotopic (exact) mass is 370 g/mol. The first-order chi connectivity index (χ1) is 11.9. The number of ether oxygens (including phenoxy) is 3. The van der Waals surface area contributed by atoms with Crippen LogP contribution in [-0.4, -0.2) is 58.3 Å². The zero-order chi connectivity index (χ0) is 18.1. The quantitative estimate of drug-likeness (QED) is 0.860. The molecule has 0 saturated carbocycles. The lowest BCUT2D eigenvalue weighted by Gasteiger charge is -2.25. The van der Waals surface area contributed by atoms with Crippen molar-refractivity contribution in [2.24, 2.45) is 0 Å². The molecule has 1 N–H and O–H groups in total. The van der Waals surface area contributed by atoms with Gasteiger partial charge in [0.1, 0.15) is 22.0 Å². The van der Waals surface area contributed by atoms with Gasteiger partial charge < -0.3 is 19.5 Å². The molecule has 0 radical (unpaired) electrons. The third kappa shape index (κ3) is 3.38. The zero-order valence-corrected chi connectivity index (χ0v) is 15.1. The summed E-state index contributed by atoms with van der Waals surface area (Å²) in [5.74, 6) is 0.716. The van der Waals surface area contributed by atoms with Crippen LogP contribution in [0.4, 0.5) is 4.79 Å². The first kappa shape index (κ1) is 17.8. The highest BCUT2D eigenvalue weighted by Gasteiger charge is 2.43. The number of methoxy groups -OCH3 is 2. The highest BCUT2D eigenvalue weighted by molar-refractivity contribution is 7.89. The Morgan fingerprint density at radius 2 is 2.00 bits per heavy atom. The second-order valence-corrected chi connectivity index (χ2v) is 8.11. The summed E-state index contributed by atoms with van der Waals surface area (Å²) in [5, 5.41) is 2.66. The summed E-state index contributed by atoms with van der Waals surface area (Å²) in [6.45, 7) is 1.06. The predicted molar refractivity (Wildman–Crippen MR) is 89.4 cm³/mol. The van der Waals surface area contributed by atoms with Crippen LogP contribution in [-0.2, 0) is 14.8 Å². The van der Waals surface area contributed by atoms with E-state index in [9.17, 15) is 13.2 Å². The molecule has 2 aliphatic rings. The van der Waals surface area contributed by atoms with Crippen LogP contribution in [0.3, 0.4) is 0 Å². The van der Waals surface area contributed by atoms with Crippen molar-refractivity contribution in [2.75, 3.05) is 33.9 Å². The Morgan fingerprint density at radius 3 is 2.64 bits per heavy atom. The summed E-state index contributed by atoms with van der Waals surface area (Å²) in [4.78, 5) is 11.5. The van der Waals surface area contributed by atoms with Crippen LogP contribution in [0.1, 0.15) is 19.3 Å². The number of alkyl carbamates (subject to hydrolysis) is 1. The van der Waals surface area contributed by atoms with Crippen LogP contribution >= 0.6 is 0 Å². The predicted octanol–water partition coefficient (Wildman–Crippen LogP) is 1.36. The maximum Gasteiger partial charge on any atom is 0.407 e. The number of amides is 1. The minimum atomic E-state index is -3.75. The molecule has 1 unspecified atom stereocenters. The smallest absolute Gasteiger partial charge is 0.407 e. The van der Waals surface area contributed by atoms with E-state index in [1.165, 1.54) is 24.6 Å². The number of nitrogens with zero attached hydrogens (tertiary/aromatic N) is 1. The van der Waals surface area contributed by atoms with Gasteiger partial charge >= 0.3 is 6.09 Å². The van der Waals surface area contributed by atoms with Gasteiger partial charge in [0.15, 0.2) is 0 Å². The van der Waals surface area contributed by atoms with Gasteiger partial charge in [0, 0.05) is 25.6 Å². The maximum absolute atomic E-state index is 13.1. The minimum Gasteiger partial charge on any atom is -0.497 e. The molecule has 1 amide bonds. The van der Waals surface area contributed by atoms with Crippen molar-refractivity contribution >= 4 is 16.1 Å². The molecular formula is C16H22N2O6S. The van der Waals surface area contributed by atoms with Crippen molar-refractivity contribution < 1.29 is 27.4 Å². The maximum atomic E-state index is 13.1. The van der Waals surface area contributed by atoms with E-state index >= 15 is 0 Å². The molecule has 2 saturated heterocycles. The first-order valence-corrected chi connectivity index (χ1v) is 9.53. The standard InChI is InChI=1S/C16H22N2O6S/c1-22-12-4-5-13(23-2)14(10-12)25(20,21)18-8-3-6-16(7-9-18)11-17-15(19)24-16/h4-5,10H,3,6-9,11H2,1-2H3,(H,17,19). The summed E-state index contributed by atoms with van der Waals surface area (Å²) in [7, 11) is -0.839. The van der Waals surface area contributed by atoms with Gasteiger partial charge in [-0.25, -0.2) is 13.2 Å². The molecule has 1 aromatic carbocycles. The number of carbonyl (C=O) groups is 1. The fourth-order valence-corrected chi connectivity index (χ4v) is 4.94. The van der Waals surface area contributed by atoms with Crippen molar-refractivity contribution in [2.45, 2.75) is 29.8 Å². The Morgan fingerprint density at radius 1 is 1.20 bits per heavy atom. The van der Waals surface area contributed by atoms with Crippen molar-refractivity contribution in [3.63, 3.8) is 0 Å². The van der Waals surface area contributed by atoms with Gasteiger partial charge in [-0.1, -0.05) is 0 Å². The van der Waals surface area contributed by atoms with Gasteiger partial charge in [-0.05, 0) is 25.0 Å². The Kier molecular flexibility index (Phi) is 4.79. The lowest BCUT2D eigenvalue weighted by atomic mass is 9.95. The highest BCUT2D eigenvalue weighted by Crippen LogP contribution is 2.34. The van der Waals surface area contributed by atoms with Crippen LogP contribution in [0, 0.1) is 0 Å². The van der Waals surface area contributed by atoms with Crippen LogP contribution in [0.2, 0.25) is 0 Å². The highest BCUT2D eigenvalue weighted by atomic mass is 32.2. The molecule has 1 atom stereocenters. The fraction of sp³-hybridized carbons (Fsp3) is 0.562. The van der Waals surface area contributed by atoms with Crippen molar-refractivity contribution in [1.29, 1.82) is 0 Å². The Bertz CT molecular complexity index is 766. The molecule has 9 heteroatoms. The lowest BCUT2D eigenvalue weighted by Crippen LogP contribution is -2.36. The summed E-state index contributed by atoms with van der Waals surface area (Å²) < 4.78 is 43.4. The molecule has 2 aliphatic heterocycles. The number of carbonyl (C=O) groups excluding carboxylic acids is 1. The Hall–Kier alpha value is -2.00. The largest absolute Gasteiger partial charge is 0.497 e. The van der Waals surface area contributed by atoms with E-state index in [2.05, 4.69) is 5.32 Å². The van der Waals surface area contributed by atoms with E-state index in [0.717, 1.165) is 0 Å². The molecule has 2 heterocycles. The second-order valence-electron chi connectivity index (χ2n) is 6.20. The molecule has 1 spiro atoms. The summed E-state index contributed by atoms with van der Waals surface area (Å²) in [6, 6.07) is 4.69. The molecular weight excluding hydrogens is 348 g/mol. The van der Waals surface area contributed by atoms with Crippen LogP contribution in [0.25, 0.3) is 0 Å². The number of hydrogen-bond acceptors (Lipinski definition) is 6. The Labute approximate surface area is 147 Å². The normalized spacial score (nSPS) is 24.5. The molecule has 8 nitrogen and oxygen atoms in total. The van der Waals surface area contributed by atoms with Crippen LogP contribution in [0.5, 0.6) is 11.5 Å². The summed E-state index contributed by atoms with van der Waals surface area (Å²) in [5.41, 5.74) is -0.611. The van der Waals surface area contributed by atoms with Gasteiger partial charge in [-0.2, -0.15) is 4.31 Å². The van der Waals surface area contributed by atoms with Gasteiger partial charge in [-0.15, -0.1) is 0 Å². The minimum absolute atomic E-state index is 0.0758. The number of rotatable bonds is 4. The second kappa shape index (κ2) is 6.72. The lowest BCUT2D eigenvalue weighted by molar-refractivity contribution is 0.0460. The molecule has 0 aromatic heterocycles. The van der Waals surface area contributed by atoms with E-state index in [-0.39, 0.29) is 17.2 Å². The molecule has 1 aromatic rings. The number of sulfonamides is 1. The van der Waals surface area contributed by atoms with Gasteiger partial charge in [-0.3, -0.25) is 0 Å². The zero-order valence-electron chi connectivity index (χ0n) is 14.3. The van der Waals surface area contributed by atoms with Crippen LogP contribution < -0.4 is 14.8 Å². The van der Waals surface area contributed by atoms with Crippen LogP contribution in [0.15, 0.2) is 23.1 Å². The fourth-order valence-electron chi connectivity index (χ4n) is 3.29. The van der Waals surface area contributed by atoms with E-state index in [1.807, 2.05) is 0 Å². The average Bonchev–Trinajstić information content (AvgIpc) is 2.84. The number of hydrogen-bond donors (Lipinski definition) is 1. The SMILES string of the molecule is COc1ccc(OC)c(S(=O)(=O)N2CCCC3(CC2)CNC(=O)O3)c1. The first-order valence-electron chi connectivity index (χ1n) is 8.09.